The highest BCUT2D eigenvalue weighted by atomic mass is 14.4. The maximum atomic E-state index is 2.51. The summed E-state index contributed by atoms with van der Waals surface area (Å²) in [5, 5.41) is 7.55. The summed E-state index contributed by atoms with van der Waals surface area (Å²) < 4.78 is 0. The van der Waals surface area contributed by atoms with Crippen molar-refractivity contribution in [2.45, 2.75) is 5.92 Å². The molecule has 0 saturated carbocycles. The summed E-state index contributed by atoms with van der Waals surface area (Å²) in [6.07, 6.45) is 7.41. The van der Waals surface area contributed by atoms with Gasteiger partial charge in [-0.25, -0.2) is 0 Å². The summed E-state index contributed by atoms with van der Waals surface area (Å²) in [6, 6.07) is 83.1. The van der Waals surface area contributed by atoms with E-state index in [9.17, 15) is 0 Å². The van der Waals surface area contributed by atoms with E-state index in [-0.39, 0.29) is 11.8 Å². The topological polar surface area (TPSA) is 0 Å². The second-order valence-electron chi connectivity index (χ2n) is 16.8. The molecule has 2 unspecified atom stereocenters. The third kappa shape index (κ3) is 6.32. The van der Waals surface area contributed by atoms with Crippen LogP contribution in [0.5, 0.6) is 0 Å². The molecule has 0 amide bonds. The Morgan fingerprint density at radius 3 is 1.63 bits per heavy atom. The molecule has 0 aliphatic heterocycles. The Morgan fingerprint density at radius 2 is 0.871 bits per heavy atom. The van der Waals surface area contributed by atoms with Crippen LogP contribution in [0.3, 0.4) is 0 Å². The molecular weight excluding hydrogens is 745 g/mol. The highest BCUT2D eigenvalue weighted by molar-refractivity contribution is 6.00. The van der Waals surface area contributed by atoms with E-state index >= 15 is 0 Å². The summed E-state index contributed by atoms with van der Waals surface area (Å²) >= 11 is 0. The first-order chi connectivity index (χ1) is 30.7. The molecule has 0 bridgehead atoms. The van der Waals surface area contributed by atoms with E-state index in [1.165, 1.54) is 110 Å². The fourth-order valence-corrected chi connectivity index (χ4v) is 10.2. The SMILES string of the molecule is C1=CC2C(=C(c3cccc(-c4ccc5ccccc5c4)c3)c3ccc(-c4ccccc4)cc3C2c2cccc(-c3ccc4ccccc4c3)c2)C=C1c1cccc2ccccc12. The van der Waals surface area contributed by atoms with Crippen LogP contribution in [0, 0.1) is 5.92 Å². The normalized spacial score (nSPS) is 15.7. The largest absolute Gasteiger partial charge is 0.0754 e. The van der Waals surface area contributed by atoms with Gasteiger partial charge in [0.2, 0.25) is 0 Å². The second kappa shape index (κ2) is 15.0. The molecule has 10 aromatic rings. The molecule has 0 radical (unpaired) electrons. The lowest BCUT2D eigenvalue weighted by Gasteiger charge is -2.38. The van der Waals surface area contributed by atoms with Crippen molar-refractivity contribution in [1.29, 1.82) is 0 Å². The van der Waals surface area contributed by atoms with Gasteiger partial charge in [0.1, 0.15) is 0 Å². The third-order valence-electron chi connectivity index (χ3n) is 13.2. The highest BCUT2D eigenvalue weighted by Gasteiger charge is 2.37. The van der Waals surface area contributed by atoms with Gasteiger partial charge in [-0.05, 0) is 141 Å². The zero-order valence-corrected chi connectivity index (χ0v) is 34.2. The Hall–Kier alpha value is -7.80. The molecule has 2 aliphatic carbocycles. The van der Waals surface area contributed by atoms with Gasteiger partial charge in [0, 0.05) is 11.8 Å². The van der Waals surface area contributed by atoms with Crippen molar-refractivity contribution >= 4 is 43.5 Å². The number of fused-ring (bicyclic) bond motifs is 5. The minimum Gasteiger partial charge on any atom is -0.0754 e. The minimum absolute atomic E-state index is 0.0815. The fourth-order valence-electron chi connectivity index (χ4n) is 10.2. The third-order valence-corrected chi connectivity index (χ3v) is 13.2. The monoisotopic (exact) mass is 786 g/mol. The Balaban J connectivity index is 1.10. The van der Waals surface area contributed by atoms with Crippen LogP contribution < -0.4 is 0 Å². The van der Waals surface area contributed by atoms with E-state index in [2.05, 4.69) is 243 Å². The number of benzene rings is 10. The molecule has 290 valence electrons. The smallest absolute Gasteiger partial charge is 0.0200 e. The van der Waals surface area contributed by atoms with Crippen molar-refractivity contribution < 1.29 is 0 Å². The predicted molar refractivity (Wildman–Crippen MR) is 263 cm³/mol. The Bertz CT molecular complexity index is 3460. The van der Waals surface area contributed by atoms with E-state index in [0.29, 0.717) is 0 Å². The lowest BCUT2D eigenvalue weighted by Crippen LogP contribution is -2.23. The van der Waals surface area contributed by atoms with E-state index in [0.717, 1.165) is 0 Å². The van der Waals surface area contributed by atoms with Crippen molar-refractivity contribution in [3.63, 3.8) is 0 Å². The minimum atomic E-state index is 0.0815. The lowest BCUT2D eigenvalue weighted by molar-refractivity contribution is 0.650. The first-order valence-corrected chi connectivity index (χ1v) is 21.7. The summed E-state index contributed by atoms with van der Waals surface area (Å²) in [4.78, 5) is 0. The van der Waals surface area contributed by atoms with Crippen LogP contribution in [0.2, 0.25) is 0 Å². The molecule has 10 aromatic carbocycles. The van der Waals surface area contributed by atoms with Gasteiger partial charge in [0.15, 0.2) is 0 Å². The van der Waals surface area contributed by atoms with E-state index in [4.69, 9.17) is 0 Å². The standard InChI is InChI=1S/C62H42/c1-2-13-41(14-3-1)51-31-33-57-59(39-51)61(53-23-10-21-47(37-53)49-29-27-42-15-4-6-18-45(42)35-49)58-34-32-52(56-26-12-20-44-17-8-9-25-55(44)56)40-60(58)62(57)54-24-11-22-48(38-54)50-30-28-43-16-5-7-19-46(43)36-50/h1-40,58,61H. The molecule has 12 rings (SSSR count). The number of rotatable bonds is 6. The number of allylic oxidation sites excluding steroid dienone is 5. The van der Waals surface area contributed by atoms with Crippen LogP contribution in [0.25, 0.3) is 76.8 Å². The van der Waals surface area contributed by atoms with Crippen LogP contribution in [0.1, 0.15) is 33.7 Å². The number of hydrogen-bond acceptors (Lipinski definition) is 0. The quantitative estimate of drug-likeness (QED) is 0.157. The summed E-state index contributed by atoms with van der Waals surface area (Å²) in [7, 11) is 0. The van der Waals surface area contributed by atoms with Crippen molar-refractivity contribution in [2.75, 3.05) is 0 Å². The van der Waals surface area contributed by atoms with Crippen molar-refractivity contribution in [2.24, 2.45) is 5.92 Å². The van der Waals surface area contributed by atoms with Crippen molar-refractivity contribution in [3.8, 4) is 33.4 Å². The van der Waals surface area contributed by atoms with Gasteiger partial charge in [-0.1, -0.05) is 212 Å². The van der Waals surface area contributed by atoms with E-state index in [1.54, 1.807) is 0 Å². The average Bonchev–Trinajstić information content (AvgIpc) is 3.35. The molecule has 0 heterocycles. The molecule has 0 aromatic heterocycles. The number of hydrogen-bond donors (Lipinski definition) is 0. The molecule has 2 atom stereocenters. The van der Waals surface area contributed by atoms with Gasteiger partial charge in [-0.2, -0.15) is 0 Å². The zero-order valence-electron chi connectivity index (χ0n) is 34.2. The van der Waals surface area contributed by atoms with Gasteiger partial charge in [0.25, 0.3) is 0 Å². The summed E-state index contributed by atoms with van der Waals surface area (Å²) in [6.45, 7) is 0. The first kappa shape index (κ1) is 36.1. The highest BCUT2D eigenvalue weighted by Crippen LogP contribution is 2.53. The fraction of sp³-hybridized carbons (Fsp3) is 0.0323. The summed E-state index contributed by atoms with van der Waals surface area (Å²) in [5.74, 6) is 0.177. The first-order valence-electron chi connectivity index (χ1n) is 21.7. The van der Waals surface area contributed by atoms with Gasteiger partial charge in [0.05, 0.1) is 0 Å². The van der Waals surface area contributed by atoms with Crippen LogP contribution in [0.4, 0.5) is 0 Å². The van der Waals surface area contributed by atoms with Crippen LogP contribution >= 0.6 is 0 Å². The molecular formula is C62H42. The molecule has 0 fully saturated rings. The molecule has 0 N–H and O–H groups in total. The van der Waals surface area contributed by atoms with Gasteiger partial charge < -0.3 is 0 Å². The molecule has 62 heavy (non-hydrogen) atoms. The average molecular weight is 787 g/mol. The molecule has 0 nitrogen and oxygen atoms in total. The predicted octanol–water partition coefficient (Wildman–Crippen LogP) is 16.4. The molecule has 0 heteroatoms. The second-order valence-corrected chi connectivity index (χ2v) is 16.8. The molecule has 2 aliphatic rings. The van der Waals surface area contributed by atoms with Crippen LogP contribution in [-0.4, -0.2) is 0 Å². The molecule has 0 spiro atoms. The van der Waals surface area contributed by atoms with Crippen molar-refractivity contribution in [3.05, 3.63) is 276 Å². The van der Waals surface area contributed by atoms with E-state index < -0.39 is 0 Å². The van der Waals surface area contributed by atoms with Crippen LogP contribution in [-0.2, 0) is 0 Å². The van der Waals surface area contributed by atoms with Gasteiger partial charge >= 0.3 is 0 Å². The molecule has 0 saturated heterocycles. The lowest BCUT2D eigenvalue weighted by atomic mass is 9.65. The Morgan fingerprint density at radius 1 is 0.323 bits per heavy atom. The van der Waals surface area contributed by atoms with Crippen LogP contribution in [0.15, 0.2) is 248 Å². The maximum absolute atomic E-state index is 2.51. The van der Waals surface area contributed by atoms with Gasteiger partial charge in [-0.15, -0.1) is 0 Å². The Labute approximate surface area is 363 Å². The van der Waals surface area contributed by atoms with Crippen molar-refractivity contribution in [1.82, 2.24) is 0 Å². The summed E-state index contributed by atoms with van der Waals surface area (Å²) in [5.41, 5.74) is 17.7. The Kier molecular flexibility index (Phi) is 8.75. The van der Waals surface area contributed by atoms with E-state index in [1.807, 2.05) is 0 Å². The van der Waals surface area contributed by atoms with Gasteiger partial charge in [-0.3, -0.25) is 0 Å². The zero-order chi connectivity index (χ0) is 41.0. The maximum Gasteiger partial charge on any atom is 0.0200 e.